The molecule has 3 N–H and O–H groups in total. The number of pyridine rings is 1. The van der Waals surface area contributed by atoms with E-state index >= 15 is 0 Å². The summed E-state index contributed by atoms with van der Waals surface area (Å²) >= 11 is 1.62. The van der Waals surface area contributed by atoms with Gasteiger partial charge < -0.3 is 20.5 Å². The van der Waals surface area contributed by atoms with E-state index in [0.717, 1.165) is 53.2 Å². The zero-order valence-corrected chi connectivity index (χ0v) is 17.5. The number of anilines is 1. The average Bonchev–Trinajstić information content (AvgIpc) is 3.20. The molecule has 1 fully saturated rings. The van der Waals surface area contributed by atoms with E-state index in [2.05, 4.69) is 16.4 Å². The van der Waals surface area contributed by atoms with Gasteiger partial charge in [-0.3, -0.25) is 4.90 Å². The third-order valence-corrected chi connectivity index (χ3v) is 6.52. The number of carbonyl (C=O) groups is 1. The number of rotatable bonds is 5. The number of allylic oxidation sites excluding steroid dienone is 1. The number of hydrogen-bond donors (Lipinski definition) is 2. The van der Waals surface area contributed by atoms with Crippen LogP contribution in [-0.4, -0.2) is 35.2 Å². The number of hydrogen-bond acceptors (Lipinski definition) is 6. The van der Waals surface area contributed by atoms with Gasteiger partial charge in [0.2, 0.25) is 5.88 Å². The number of amides is 2. The van der Waals surface area contributed by atoms with E-state index in [9.17, 15) is 4.79 Å². The minimum Gasteiger partial charge on any atom is -0.473 e. The van der Waals surface area contributed by atoms with Gasteiger partial charge in [-0.05, 0) is 56.2 Å². The summed E-state index contributed by atoms with van der Waals surface area (Å²) in [5.41, 5.74) is 9.10. The summed E-state index contributed by atoms with van der Waals surface area (Å²) in [6, 6.07) is 5.42. The highest BCUT2D eigenvalue weighted by Gasteiger charge is 2.28. The molecule has 29 heavy (non-hydrogen) atoms. The van der Waals surface area contributed by atoms with Crippen molar-refractivity contribution in [3.63, 3.8) is 0 Å². The highest BCUT2D eigenvalue weighted by atomic mass is 32.1. The van der Waals surface area contributed by atoms with E-state index in [1.165, 1.54) is 0 Å². The van der Waals surface area contributed by atoms with E-state index in [0.29, 0.717) is 18.5 Å². The number of fused-ring (bicyclic) bond motifs is 1. The monoisotopic (exact) mass is 414 g/mol. The van der Waals surface area contributed by atoms with Crippen molar-refractivity contribution in [2.75, 3.05) is 12.4 Å². The van der Waals surface area contributed by atoms with Gasteiger partial charge in [-0.25, -0.2) is 9.78 Å². The number of nitrogens with one attached hydrogen (secondary N) is 1. The Morgan fingerprint density at radius 2 is 2.03 bits per heavy atom. The van der Waals surface area contributed by atoms with Crippen LogP contribution in [0.5, 0.6) is 5.88 Å². The summed E-state index contributed by atoms with van der Waals surface area (Å²) in [6.45, 7) is 2.40. The average molecular weight is 415 g/mol. The molecular weight excluding hydrogens is 388 g/mol. The van der Waals surface area contributed by atoms with Gasteiger partial charge in [0.1, 0.15) is 11.8 Å². The lowest BCUT2D eigenvalue weighted by Gasteiger charge is -2.30. The van der Waals surface area contributed by atoms with Crippen LogP contribution in [0.15, 0.2) is 35.5 Å². The minimum absolute atomic E-state index is 0.122. The van der Waals surface area contributed by atoms with Crippen molar-refractivity contribution < 1.29 is 14.3 Å². The second-order valence-corrected chi connectivity index (χ2v) is 8.38. The number of ether oxygens (including phenoxy) is 2. The zero-order valence-electron chi connectivity index (χ0n) is 16.7. The summed E-state index contributed by atoms with van der Waals surface area (Å²) in [5.74, 6) is 0.571. The van der Waals surface area contributed by atoms with E-state index in [1.807, 2.05) is 24.4 Å². The second kappa shape index (κ2) is 8.42. The first-order valence-corrected chi connectivity index (χ1v) is 10.7. The van der Waals surface area contributed by atoms with E-state index in [1.54, 1.807) is 29.5 Å². The summed E-state index contributed by atoms with van der Waals surface area (Å²) in [7, 11) is 1.76. The molecule has 4 rings (SSSR count). The fraction of sp³-hybridized carbons (Fsp3) is 0.429. The number of nitrogens with zero attached hydrogens (tertiary/aromatic N) is 2. The lowest BCUT2D eigenvalue weighted by Crippen LogP contribution is -2.36. The lowest BCUT2D eigenvalue weighted by molar-refractivity contribution is 0.0317. The van der Waals surface area contributed by atoms with Crippen LogP contribution in [0, 0.1) is 0 Å². The maximum Gasteiger partial charge on any atom is 0.319 e. The molecule has 1 saturated carbocycles. The maximum absolute atomic E-state index is 11.9. The molecular formula is C21H26N4O3S. The molecule has 0 atom stereocenters. The molecule has 0 unspecified atom stereocenters. The summed E-state index contributed by atoms with van der Waals surface area (Å²) in [4.78, 5) is 19.1. The van der Waals surface area contributed by atoms with Crippen molar-refractivity contribution in [1.82, 2.24) is 9.88 Å². The van der Waals surface area contributed by atoms with Gasteiger partial charge in [0.05, 0.1) is 18.3 Å². The third-order valence-electron chi connectivity index (χ3n) is 5.61. The Hall–Kier alpha value is -2.58. The zero-order chi connectivity index (χ0) is 20.4. The third kappa shape index (κ3) is 4.09. The topological polar surface area (TPSA) is 89.7 Å². The number of primary amides is 1. The molecule has 0 saturated heterocycles. The van der Waals surface area contributed by atoms with E-state index in [4.69, 9.17) is 15.2 Å². The van der Waals surface area contributed by atoms with Crippen LogP contribution in [0.2, 0.25) is 0 Å². The van der Waals surface area contributed by atoms with E-state index in [-0.39, 0.29) is 6.10 Å². The standard InChI is InChI=1S/C21H26N4O3S/c1-13-19(16-9-11-29-18(16)12-25(13)21(22)26)24-17-4-3-10-23-20(17)28-15-7-5-14(27-2)6-8-15/h3-4,9-11,14-15,24H,5-8,12H2,1-2H3,(H2,22,26). The molecule has 0 spiro atoms. The molecule has 1 aliphatic carbocycles. The highest BCUT2D eigenvalue weighted by Crippen LogP contribution is 2.37. The molecule has 7 nitrogen and oxygen atoms in total. The number of methoxy groups -OCH3 is 1. The van der Waals surface area contributed by atoms with Gasteiger partial charge in [0, 0.05) is 29.4 Å². The predicted octanol–water partition coefficient (Wildman–Crippen LogP) is 4.17. The highest BCUT2D eigenvalue weighted by molar-refractivity contribution is 7.10. The molecule has 8 heteroatoms. The van der Waals surface area contributed by atoms with Crippen molar-refractivity contribution in [3.05, 3.63) is 45.9 Å². The fourth-order valence-electron chi connectivity index (χ4n) is 3.94. The Balaban J connectivity index is 1.58. The van der Waals surface area contributed by atoms with Crippen LogP contribution in [0.25, 0.3) is 5.70 Å². The summed E-state index contributed by atoms with van der Waals surface area (Å²) in [6.07, 6.45) is 6.05. The Kier molecular flexibility index (Phi) is 5.73. The van der Waals surface area contributed by atoms with Crippen LogP contribution in [0.4, 0.5) is 10.5 Å². The van der Waals surface area contributed by atoms with Gasteiger partial charge in [-0.2, -0.15) is 0 Å². The van der Waals surface area contributed by atoms with Gasteiger partial charge >= 0.3 is 6.03 Å². The van der Waals surface area contributed by atoms with Crippen LogP contribution in [0.3, 0.4) is 0 Å². The molecule has 0 aromatic carbocycles. The molecule has 154 valence electrons. The summed E-state index contributed by atoms with van der Waals surface area (Å²) in [5, 5.41) is 5.49. The first-order chi connectivity index (χ1) is 14.1. The van der Waals surface area contributed by atoms with Crippen LogP contribution < -0.4 is 15.8 Å². The number of urea groups is 1. The van der Waals surface area contributed by atoms with E-state index < -0.39 is 6.03 Å². The minimum atomic E-state index is -0.460. The molecule has 2 aromatic rings. The van der Waals surface area contributed by atoms with Crippen LogP contribution in [-0.2, 0) is 11.3 Å². The Morgan fingerprint density at radius 3 is 2.76 bits per heavy atom. The first kappa shape index (κ1) is 19.7. The molecule has 2 aromatic heterocycles. The maximum atomic E-state index is 11.9. The lowest BCUT2D eigenvalue weighted by atomic mass is 9.95. The normalized spacial score (nSPS) is 21.7. The van der Waals surface area contributed by atoms with Crippen molar-refractivity contribution in [2.24, 2.45) is 5.73 Å². The summed E-state index contributed by atoms with van der Waals surface area (Å²) < 4.78 is 11.7. The van der Waals surface area contributed by atoms with Crippen molar-refractivity contribution in [2.45, 2.75) is 51.4 Å². The van der Waals surface area contributed by atoms with Crippen molar-refractivity contribution in [3.8, 4) is 5.88 Å². The first-order valence-electron chi connectivity index (χ1n) is 9.83. The van der Waals surface area contributed by atoms with Crippen molar-refractivity contribution in [1.29, 1.82) is 0 Å². The van der Waals surface area contributed by atoms with Gasteiger partial charge in [-0.1, -0.05) is 0 Å². The predicted molar refractivity (Wildman–Crippen MR) is 114 cm³/mol. The number of thiophene rings is 1. The molecule has 0 bridgehead atoms. The molecule has 3 heterocycles. The largest absolute Gasteiger partial charge is 0.473 e. The fourth-order valence-corrected chi connectivity index (χ4v) is 4.81. The number of aromatic nitrogens is 1. The van der Waals surface area contributed by atoms with Crippen LogP contribution in [0.1, 0.15) is 43.0 Å². The quantitative estimate of drug-likeness (QED) is 0.766. The Bertz CT molecular complexity index is 918. The van der Waals surface area contributed by atoms with Crippen molar-refractivity contribution >= 4 is 28.8 Å². The number of carbonyl (C=O) groups excluding carboxylic acids is 1. The van der Waals surface area contributed by atoms with Gasteiger partial charge in [0.25, 0.3) is 0 Å². The molecule has 2 amide bonds. The van der Waals surface area contributed by atoms with Crippen LogP contribution >= 0.6 is 11.3 Å². The number of nitrogens with two attached hydrogens (primary N) is 1. The second-order valence-electron chi connectivity index (χ2n) is 7.38. The molecule has 2 aliphatic rings. The Morgan fingerprint density at radius 1 is 1.28 bits per heavy atom. The Labute approximate surface area is 174 Å². The SMILES string of the molecule is COC1CCC(Oc2ncccc2NC2=C(C)N(C(N)=O)Cc3sccc32)CC1. The van der Waals surface area contributed by atoms with Gasteiger partial charge in [0.15, 0.2) is 0 Å². The molecule has 0 radical (unpaired) electrons. The molecule has 1 aliphatic heterocycles. The smallest absolute Gasteiger partial charge is 0.319 e. The van der Waals surface area contributed by atoms with Gasteiger partial charge in [-0.15, -0.1) is 11.3 Å².